The molecular weight excluding hydrogens is 236 g/mol. The normalized spacial score (nSPS) is 28.0. The zero-order valence-electron chi connectivity index (χ0n) is 9.60. The summed E-state index contributed by atoms with van der Waals surface area (Å²) in [7, 11) is 0. The number of nitrogens with two attached hydrogens (primary N) is 2. The molecule has 2 aromatic heterocycles. The molecule has 1 saturated heterocycles. The molecule has 0 saturated carbocycles. The summed E-state index contributed by atoms with van der Waals surface area (Å²) in [5.74, 6) is 0.333. The number of hydrogen-bond acceptors (Lipinski definition) is 7. The largest absolute Gasteiger partial charge is 0.394 e. The standard InChI is InChI=1S/C10H14N6O2/c11-5-1-7(18-6(5)2-17)16-4-15-8-9(12)13-3-14-10(8)16/h3-7,17H,1-2,11H2,(H2,12,13,14)/t5-,6+,7+/m0/s1. The molecule has 0 aliphatic carbocycles. The SMILES string of the molecule is Nc1ncnc2c1ncn2[C@H]1C[C@H](N)[C@@H](CO)O1. The van der Waals surface area contributed by atoms with Gasteiger partial charge in [-0.05, 0) is 0 Å². The van der Waals surface area contributed by atoms with E-state index in [1.807, 2.05) is 0 Å². The number of aliphatic hydroxyl groups excluding tert-OH is 1. The molecule has 1 fully saturated rings. The fourth-order valence-corrected chi connectivity index (χ4v) is 2.18. The summed E-state index contributed by atoms with van der Waals surface area (Å²) in [6.07, 6.45) is 2.95. The Kier molecular flexibility index (Phi) is 2.62. The number of aliphatic hydroxyl groups is 1. The Balaban J connectivity index is 1.99. The number of ether oxygens (including phenoxy) is 1. The third-order valence-electron chi connectivity index (χ3n) is 3.16. The van der Waals surface area contributed by atoms with E-state index < -0.39 is 0 Å². The Morgan fingerprint density at radius 3 is 3.00 bits per heavy atom. The van der Waals surface area contributed by atoms with E-state index >= 15 is 0 Å². The maximum absolute atomic E-state index is 9.13. The predicted octanol–water partition coefficient (Wildman–Crippen LogP) is -0.984. The number of aromatic nitrogens is 4. The maximum atomic E-state index is 9.13. The van der Waals surface area contributed by atoms with Crippen LogP contribution in [-0.2, 0) is 4.74 Å². The second-order valence-electron chi connectivity index (χ2n) is 4.29. The highest BCUT2D eigenvalue weighted by Crippen LogP contribution is 2.30. The molecule has 1 aliphatic heterocycles. The van der Waals surface area contributed by atoms with Crippen molar-refractivity contribution in [2.45, 2.75) is 24.8 Å². The minimum absolute atomic E-state index is 0.0958. The summed E-state index contributed by atoms with van der Waals surface area (Å²) >= 11 is 0. The van der Waals surface area contributed by atoms with Gasteiger partial charge in [0.15, 0.2) is 11.5 Å². The first-order valence-corrected chi connectivity index (χ1v) is 5.65. The van der Waals surface area contributed by atoms with Crippen LogP contribution < -0.4 is 11.5 Å². The van der Waals surface area contributed by atoms with Crippen molar-refractivity contribution in [1.82, 2.24) is 19.5 Å². The average Bonchev–Trinajstić information content (AvgIpc) is 2.93. The number of imidazole rings is 1. The summed E-state index contributed by atoms with van der Waals surface area (Å²) in [4.78, 5) is 12.2. The predicted molar refractivity (Wildman–Crippen MR) is 63.3 cm³/mol. The van der Waals surface area contributed by atoms with Gasteiger partial charge < -0.3 is 21.3 Å². The first kappa shape index (κ1) is 11.3. The summed E-state index contributed by atoms with van der Waals surface area (Å²) in [6, 6.07) is -0.198. The zero-order valence-corrected chi connectivity index (χ0v) is 9.60. The van der Waals surface area contributed by atoms with Crippen molar-refractivity contribution in [1.29, 1.82) is 0 Å². The molecule has 96 valence electrons. The molecule has 0 unspecified atom stereocenters. The van der Waals surface area contributed by atoms with Crippen LogP contribution in [0.5, 0.6) is 0 Å². The summed E-state index contributed by atoms with van der Waals surface area (Å²) in [5, 5.41) is 9.13. The second-order valence-corrected chi connectivity index (χ2v) is 4.29. The van der Waals surface area contributed by atoms with Gasteiger partial charge in [0.05, 0.1) is 19.0 Å². The molecule has 1 aliphatic rings. The van der Waals surface area contributed by atoms with Gasteiger partial charge in [0.2, 0.25) is 0 Å². The van der Waals surface area contributed by atoms with Crippen molar-refractivity contribution in [3.8, 4) is 0 Å². The molecule has 0 bridgehead atoms. The van der Waals surface area contributed by atoms with E-state index in [2.05, 4.69) is 15.0 Å². The van der Waals surface area contributed by atoms with Crippen molar-refractivity contribution in [3.63, 3.8) is 0 Å². The lowest BCUT2D eigenvalue weighted by molar-refractivity contribution is -0.0233. The van der Waals surface area contributed by atoms with Crippen LogP contribution in [0.1, 0.15) is 12.6 Å². The molecule has 8 nitrogen and oxygen atoms in total. The van der Waals surface area contributed by atoms with E-state index in [0.717, 1.165) is 0 Å². The van der Waals surface area contributed by atoms with Gasteiger partial charge in [-0.1, -0.05) is 0 Å². The van der Waals surface area contributed by atoms with E-state index in [9.17, 15) is 0 Å². The average molecular weight is 250 g/mol. The van der Waals surface area contributed by atoms with Gasteiger partial charge in [0.25, 0.3) is 0 Å². The molecule has 3 heterocycles. The molecule has 0 spiro atoms. The number of nitrogens with zero attached hydrogens (tertiary/aromatic N) is 4. The Labute approximate surface area is 103 Å². The third-order valence-corrected chi connectivity index (χ3v) is 3.16. The molecule has 18 heavy (non-hydrogen) atoms. The van der Waals surface area contributed by atoms with Gasteiger partial charge in [-0.3, -0.25) is 4.57 Å². The quantitative estimate of drug-likeness (QED) is 0.625. The fraction of sp³-hybridized carbons (Fsp3) is 0.500. The van der Waals surface area contributed by atoms with E-state index in [1.54, 1.807) is 10.9 Å². The maximum Gasteiger partial charge on any atom is 0.167 e. The van der Waals surface area contributed by atoms with Crippen LogP contribution in [0.4, 0.5) is 5.82 Å². The van der Waals surface area contributed by atoms with Gasteiger partial charge in [-0.2, -0.15) is 0 Å². The number of fused-ring (bicyclic) bond motifs is 1. The molecule has 0 amide bonds. The highest BCUT2D eigenvalue weighted by atomic mass is 16.5. The van der Waals surface area contributed by atoms with Crippen LogP contribution in [0.2, 0.25) is 0 Å². The minimum Gasteiger partial charge on any atom is -0.394 e. The molecule has 5 N–H and O–H groups in total. The van der Waals surface area contributed by atoms with Crippen LogP contribution in [0.15, 0.2) is 12.7 Å². The second kappa shape index (κ2) is 4.16. The molecule has 3 rings (SSSR count). The zero-order chi connectivity index (χ0) is 12.7. The highest BCUT2D eigenvalue weighted by molar-refractivity contribution is 5.81. The molecule has 8 heteroatoms. The van der Waals surface area contributed by atoms with E-state index in [4.69, 9.17) is 21.3 Å². The Hall–Kier alpha value is -1.77. The van der Waals surface area contributed by atoms with E-state index in [-0.39, 0.29) is 25.0 Å². The van der Waals surface area contributed by atoms with Gasteiger partial charge in [0.1, 0.15) is 18.1 Å². The Morgan fingerprint density at radius 2 is 2.28 bits per heavy atom. The first-order chi connectivity index (χ1) is 8.70. The number of nitrogen functional groups attached to an aromatic ring is 1. The molecule has 2 aromatic rings. The lowest BCUT2D eigenvalue weighted by Gasteiger charge is -2.13. The number of rotatable bonds is 2. The van der Waals surface area contributed by atoms with Crippen molar-refractivity contribution < 1.29 is 9.84 Å². The van der Waals surface area contributed by atoms with E-state index in [0.29, 0.717) is 23.4 Å². The molecular formula is C10H14N6O2. The molecule has 0 radical (unpaired) electrons. The van der Waals surface area contributed by atoms with Crippen LogP contribution in [0.25, 0.3) is 11.2 Å². The number of hydrogen-bond donors (Lipinski definition) is 3. The Morgan fingerprint density at radius 1 is 1.44 bits per heavy atom. The molecule has 3 atom stereocenters. The topological polar surface area (TPSA) is 125 Å². The van der Waals surface area contributed by atoms with E-state index in [1.165, 1.54) is 6.33 Å². The molecule has 0 aromatic carbocycles. The van der Waals surface area contributed by atoms with Crippen LogP contribution in [-0.4, -0.2) is 43.4 Å². The van der Waals surface area contributed by atoms with Crippen LogP contribution in [0, 0.1) is 0 Å². The summed E-state index contributed by atoms with van der Waals surface area (Å²) < 4.78 is 7.43. The highest BCUT2D eigenvalue weighted by Gasteiger charge is 2.34. The third kappa shape index (κ3) is 1.62. The minimum atomic E-state index is -0.355. The van der Waals surface area contributed by atoms with Gasteiger partial charge >= 0.3 is 0 Å². The monoisotopic (exact) mass is 250 g/mol. The van der Waals surface area contributed by atoms with Gasteiger partial charge in [-0.25, -0.2) is 15.0 Å². The van der Waals surface area contributed by atoms with Crippen LogP contribution >= 0.6 is 0 Å². The van der Waals surface area contributed by atoms with Crippen LogP contribution in [0.3, 0.4) is 0 Å². The van der Waals surface area contributed by atoms with Crippen molar-refractivity contribution in [2.75, 3.05) is 12.3 Å². The Bertz CT molecular complexity index is 570. The fourth-order valence-electron chi connectivity index (χ4n) is 2.18. The van der Waals surface area contributed by atoms with Crippen molar-refractivity contribution in [3.05, 3.63) is 12.7 Å². The lowest BCUT2D eigenvalue weighted by atomic mass is 10.1. The smallest absolute Gasteiger partial charge is 0.167 e. The lowest BCUT2D eigenvalue weighted by Crippen LogP contribution is -2.32. The van der Waals surface area contributed by atoms with Crippen molar-refractivity contribution in [2.24, 2.45) is 5.73 Å². The first-order valence-electron chi connectivity index (χ1n) is 5.65. The summed E-state index contributed by atoms with van der Waals surface area (Å²) in [6.45, 7) is -0.0958. The summed E-state index contributed by atoms with van der Waals surface area (Å²) in [5.41, 5.74) is 12.8. The number of anilines is 1. The van der Waals surface area contributed by atoms with Gasteiger partial charge in [0, 0.05) is 12.5 Å². The van der Waals surface area contributed by atoms with Gasteiger partial charge in [-0.15, -0.1) is 0 Å². The van der Waals surface area contributed by atoms with Crippen molar-refractivity contribution >= 4 is 17.0 Å².